The van der Waals surface area contributed by atoms with E-state index in [0.717, 1.165) is 17.8 Å². The summed E-state index contributed by atoms with van der Waals surface area (Å²) in [5.41, 5.74) is 1.77. The van der Waals surface area contributed by atoms with Crippen molar-refractivity contribution in [2.24, 2.45) is 0 Å². The molecule has 1 amide bonds. The third kappa shape index (κ3) is 2.81. The van der Waals surface area contributed by atoms with Gasteiger partial charge in [-0.3, -0.25) is 9.78 Å². The lowest BCUT2D eigenvalue weighted by Gasteiger charge is -2.12. The molecule has 0 spiro atoms. The van der Waals surface area contributed by atoms with Crippen LogP contribution in [0.15, 0.2) is 18.5 Å². The molecule has 0 unspecified atom stereocenters. The third-order valence-corrected chi connectivity index (χ3v) is 3.02. The van der Waals surface area contributed by atoms with E-state index < -0.39 is 0 Å². The number of aryl methyl sites for hydroxylation is 1. The number of rotatable bonds is 3. The highest BCUT2D eigenvalue weighted by atomic mass is 16.5. The number of carbonyl (C=O) groups excluding carboxylic acids is 1. The Morgan fingerprint density at radius 2 is 2.47 bits per heavy atom. The van der Waals surface area contributed by atoms with E-state index in [9.17, 15) is 4.79 Å². The first-order valence-corrected chi connectivity index (χ1v) is 5.68. The van der Waals surface area contributed by atoms with Crippen molar-refractivity contribution in [2.45, 2.75) is 25.5 Å². The summed E-state index contributed by atoms with van der Waals surface area (Å²) in [6.07, 6.45) is 4.24. The Labute approximate surface area is 101 Å². The van der Waals surface area contributed by atoms with E-state index in [0.29, 0.717) is 6.42 Å². The maximum Gasteiger partial charge on any atom is 0.241 e. The van der Waals surface area contributed by atoms with Crippen LogP contribution in [0.3, 0.4) is 0 Å². The summed E-state index contributed by atoms with van der Waals surface area (Å²) >= 11 is 0. The van der Waals surface area contributed by atoms with E-state index in [1.165, 1.54) is 0 Å². The minimum Gasteiger partial charge on any atom is -0.380 e. The van der Waals surface area contributed by atoms with Crippen LogP contribution in [-0.2, 0) is 9.53 Å². The first kappa shape index (κ1) is 12.0. The highest BCUT2D eigenvalue weighted by Crippen LogP contribution is 2.15. The number of hydrogen-bond acceptors (Lipinski definition) is 4. The fraction of sp³-hybridized carbons (Fsp3) is 0.500. The van der Waals surface area contributed by atoms with Crippen LogP contribution in [0.5, 0.6) is 0 Å². The molecule has 2 heterocycles. The molecule has 1 aromatic rings. The third-order valence-electron chi connectivity index (χ3n) is 3.02. The number of methoxy groups -OCH3 is 1. The molecule has 2 N–H and O–H groups in total. The minimum atomic E-state index is -0.174. The molecule has 0 radical (unpaired) electrons. The Balaban J connectivity index is 1.96. The summed E-state index contributed by atoms with van der Waals surface area (Å²) in [5.74, 6) is -0.0150. The highest BCUT2D eigenvalue weighted by Gasteiger charge is 2.29. The van der Waals surface area contributed by atoms with Gasteiger partial charge in [0, 0.05) is 31.7 Å². The molecule has 1 saturated heterocycles. The second-order valence-corrected chi connectivity index (χ2v) is 4.23. The van der Waals surface area contributed by atoms with Crippen molar-refractivity contribution in [1.29, 1.82) is 0 Å². The summed E-state index contributed by atoms with van der Waals surface area (Å²) in [7, 11) is 1.67. The van der Waals surface area contributed by atoms with Crippen molar-refractivity contribution < 1.29 is 9.53 Å². The zero-order valence-electron chi connectivity index (χ0n) is 10.1. The fourth-order valence-corrected chi connectivity index (χ4v) is 1.92. The van der Waals surface area contributed by atoms with Gasteiger partial charge in [-0.15, -0.1) is 0 Å². The second-order valence-electron chi connectivity index (χ2n) is 4.23. The van der Waals surface area contributed by atoms with Crippen LogP contribution >= 0.6 is 0 Å². The molecule has 1 aliphatic rings. The van der Waals surface area contributed by atoms with Gasteiger partial charge >= 0.3 is 0 Å². The summed E-state index contributed by atoms with van der Waals surface area (Å²) < 4.78 is 5.21. The Hall–Kier alpha value is -1.46. The number of carbonyl (C=O) groups is 1. The monoisotopic (exact) mass is 235 g/mol. The van der Waals surface area contributed by atoms with Crippen LogP contribution in [0.25, 0.3) is 0 Å². The molecular weight excluding hydrogens is 218 g/mol. The average molecular weight is 235 g/mol. The number of aromatic nitrogens is 1. The van der Waals surface area contributed by atoms with E-state index in [1.807, 2.05) is 6.92 Å². The van der Waals surface area contributed by atoms with Gasteiger partial charge in [0.15, 0.2) is 0 Å². The van der Waals surface area contributed by atoms with Gasteiger partial charge in [0.2, 0.25) is 5.91 Å². The van der Waals surface area contributed by atoms with Crippen LogP contribution in [-0.4, -0.2) is 36.7 Å². The number of amides is 1. The zero-order valence-corrected chi connectivity index (χ0v) is 10.1. The quantitative estimate of drug-likeness (QED) is 0.809. The van der Waals surface area contributed by atoms with Crippen LogP contribution < -0.4 is 10.6 Å². The Morgan fingerprint density at radius 1 is 1.65 bits per heavy atom. The SMILES string of the molecule is CO[C@@H]1CN[C@H](C(=O)Nc2ccncc2C)C1. The molecule has 0 aliphatic carbocycles. The van der Waals surface area contributed by atoms with E-state index in [1.54, 1.807) is 25.6 Å². The van der Waals surface area contributed by atoms with E-state index in [-0.39, 0.29) is 18.1 Å². The predicted molar refractivity (Wildman–Crippen MR) is 64.8 cm³/mol. The predicted octanol–water partition coefficient (Wildman–Crippen LogP) is 0.705. The lowest BCUT2D eigenvalue weighted by atomic mass is 10.2. The van der Waals surface area contributed by atoms with Crippen molar-refractivity contribution in [1.82, 2.24) is 10.3 Å². The van der Waals surface area contributed by atoms with E-state index in [4.69, 9.17) is 4.74 Å². The summed E-state index contributed by atoms with van der Waals surface area (Å²) in [4.78, 5) is 16.0. The molecule has 2 rings (SSSR count). The van der Waals surface area contributed by atoms with E-state index >= 15 is 0 Å². The molecule has 92 valence electrons. The molecule has 5 nitrogen and oxygen atoms in total. The van der Waals surface area contributed by atoms with Crippen molar-refractivity contribution in [3.63, 3.8) is 0 Å². The van der Waals surface area contributed by atoms with Gasteiger partial charge in [0.05, 0.1) is 12.1 Å². The molecule has 0 saturated carbocycles. The zero-order chi connectivity index (χ0) is 12.3. The van der Waals surface area contributed by atoms with E-state index in [2.05, 4.69) is 15.6 Å². The van der Waals surface area contributed by atoms with Gasteiger partial charge in [-0.2, -0.15) is 0 Å². The number of pyridine rings is 1. The summed E-state index contributed by atoms with van der Waals surface area (Å²) in [5, 5.41) is 6.04. The van der Waals surface area contributed by atoms with Gasteiger partial charge in [-0.25, -0.2) is 0 Å². The van der Waals surface area contributed by atoms with Gasteiger partial charge < -0.3 is 15.4 Å². The number of nitrogens with one attached hydrogen (secondary N) is 2. The molecule has 1 aromatic heterocycles. The van der Waals surface area contributed by atoms with Crippen LogP contribution in [0, 0.1) is 6.92 Å². The van der Waals surface area contributed by atoms with Crippen LogP contribution in [0.1, 0.15) is 12.0 Å². The Kier molecular flexibility index (Phi) is 3.71. The number of ether oxygens (including phenoxy) is 1. The second kappa shape index (κ2) is 5.25. The van der Waals surface area contributed by atoms with Crippen LogP contribution in [0.2, 0.25) is 0 Å². The summed E-state index contributed by atoms with van der Waals surface area (Å²) in [6.45, 7) is 2.65. The van der Waals surface area contributed by atoms with Gasteiger partial charge in [0.1, 0.15) is 0 Å². The molecule has 1 aliphatic heterocycles. The lowest BCUT2D eigenvalue weighted by Crippen LogP contribution is -2.35. The van der Waals surface area contributed by atoms with Gasteiger partial charge in [0.25, 0.3) is 0 Å². The topological polar surface area (TPSA) is 63.2 Å². The first-order valence-electron chi connectivity index (χ1n) is 5.68. The molecule has 0 bridgehead atoms. The molecule has 0 aromatic carbocycles. The molecule has 5 heteroatoms. The summed E-state index contributed by atoms with van der Waals surface area (Å²) in [6, 6.07) is 1.63. The Morgan fingerprint density at radius 3 is 3.12 bits per heavy atom. The largest absolute Gasteiger partial charge is 0.380 e. The maximum atomic E-state index is 12.0. The smallest absolute Gasteiger partial charge is 0.241 e. The van der Waals surface area contributed by atoms with Gasteiger partial charge in [-0.05, 0) is 25.0 Å². The molecule has 17 heavy (non-hydrogen) atoms. The molecule has 1 fully saturated rings. The number of hydrogen-bond donors (Lipinski definition) is 2. The van der Waals surface area contributed by atoms with Crippen molar-refractivity contribution >= 4 is 11.6 Å². The average Bonchev–Trinajstić information content (AvgIpc) is 2.81. The van der Waals surface area contributed by atoms with Gasteiger partial charge in [-0.1, -0.05) is 0 Å². The standard InChI is InChI=1S/C12H17N3O2/c1-8-6-13-4-3-10(8)15-12(16)11-5-9(17-2)7-14-11/h3-4,6,9,11,14H,5,7H2,1-2H3,(H,13,15,16)/t9-,11-/m0/s1. The van der Waals surface area contributed by atoms with Crippen molar-refractivity contribution in [3.8, 4) is 0 Å². The normalized spacial score (nSPS) is 23.6. The first-order chi connectivity index (χ1) is 8.20. The molecule has 2 atom stereocenters. The Bertz CT molecular complexity index is 408. The van der Waals surface area contributed by atoms with Crippen LogP contribution in [0.4, 0.5) is 5.69 Å². The minimum absolute atomic E-state index is 0.0150. The maximum absolute atomic E-state index is 12.0. The highest BCUT2D eigenvalue weighted by molar-refractivity contribution is 5.95. The number of nitrogens with zero attached hydrogens (tertiary/aromatic N) is 1. The number of anilines is 1. The fourth-order valence-electron chi connectivity index (χ4n) is 1.92. The van der Waals surface area contributed by atoms with Crippen molar-refractivity contribution in [2.75, 3.05) is 19.0 Å². The van der Waals surface area contributed by atoms with Crippen molar-refractivity contribution in [3.05, 3.63) is 24.0 Å². The lowest BCUT2D eigenvalue weighted by molar-refractivity contribution is -0.118. The molecular formula is C12H17N3O2.